The van der Waals surface area contributed by atoms with Crippen molar-refractivity contribution in [2.45, 2.75) is 45.1 Å². The van der Waals surface area contributed by atoms with Crippen LogP contribution >= 0.6 is 15.9 Å². The number of ketones is 1. The number of Topliss-reactive ketones (excluding diaryl/α,β-unsaturated/α-hetero) is 1. The first-order valence-electron chi connectivity index (χ1n) is 7.62. The van der Waals surface area contributed by atoms with Gasteiger partial charge in [-0.1, -0.05) is 26.2 Å². The Labute approximate surface area is 135 Å². The third-order valence-corrected chi connectivity index (χ3v) is 4.86. The molecule has 0 aliphatic heterocycles. The van der Waals surface area contributed by atoms with Crippen LogP contribution in [-0.4, -0.2) is 25.6 Å². The number of ether oxygens (including phenoxy) is 2. The lowest BCUT2D eigenvalue weighted by Gasteiger charge is -2.28. The molecule has 0 radical (unpaired) electrons. The third-order valence-electron chi connectivity index (χ3n) is 4.24. The average Bonchev–Trinajstić information content (AvgIpc) is 2.52. The molecule has 0 heterocycles. The maximum Gasteiger partial charge on any atom is 0.188 e. The van der Waals surface area contributed by atoms with Crippen LogP contribution in [0.2, 0.25) is 0 Å². The number of hydrogen-bond donors (Lipinski definition) is 0. The Morgan fingerprint density at radius 2 is 2.19 bits per heavy atom. The van der Waals surface area contributed by atoms with E-state index in [1.54, 1.807) is 25.3 Å². The lowest BCUT2D eigenvalue weighted by molar-refractivity contribution is 0.0156. The van der Waals surface area contributed by atoms with Crippen molar-refractivity contribution in [2.24, 2.45) is 5.92 Å². The maximum absolute atomic E-state index is 12.2. The van der Waals surface area contributed by atoms with Gasteiger partial charge in [0, 0.05) is 5.56 Å². The smallest absolute Gasteiger partial charge is 0.188 e. The van der Waals surface area contributed by atoms with Crippen molar-refractivity contribution in [3.8, 4) is 5.75 Å². The molecule has 1 aromatic rings. The second-order valence-corrected chi connectivity index (χ2v) is 6.50. The maximum atomic E-state index is 12.2. The Hall–Kier alpha value is -0.870. The number of methoxy groups -OCH3 is 1. The van der Waals surface area contributed by atoms with Crippen LogP contribution < -0.4 is 4.74 Å². The molecule has 1 aliphatic carbocycles. The highest BCUT2D eigenvalue weighted by molar-refractivity contribution is 9.10. The molecule has 0 saturated heterocycles. The lowest BCUT2D eigenvalue weighted by Crippen LogP contribution is -2.25. The molecule has 116 valence electrons. The highest BCUT2D eigenvalue weighted by Crippen LogP contribution is 2.29. The van der Waals surface area contributed by atoms with Crippen molar-refractivity contribution >= 4 is 21.7 Å². The number of rotatable bonds is 6. The van der Waals surface area contributed by atoms with Gasteiger partial charge in [-0.25, -0.2) is 0 Å². The average molecular weight is 355 g/mol. The summed E-state index contributed by atoms with van der Waals surface area (Å²) in [7, 11) is 1.61. The molecule has 1 aliphatic rings. The van der Waals surface area contributed by atoms with Gasteiger partial charge in [-0.2, -0.15) is 0 Å². The van der Waals surface area contributed by atoms with Crippen LogP contribution in [0.5, 0.6) is 5.75 Å². The Morgan fingerprint density at radius 1 is 1.38 bits per heavy atom. The summed E-state index contributed by atoms with van der Waals surface area (Å²) in [5.41, 5.74) is 0.658. The van der Waals surface area contributed by atoms with E-state index in [0.717, 1.165) is 29.0 Å². The number of benzene rings is 1. The standard InChI is InChI=1S/C17H23BrO3/c1-3-12-5-4-6-14(9-12)21-11-16(19)13-7-8-17(20-2)15(18)10-13/h7-8,10,12,14H,3-6,9,11H2,1-2H3. The van der Waals surface area contributed by atoms with Crippen molar-refractivity contribution in [2.75, 3.05) is 13.7 Å². The monoisotopic (exact) mass is 354 g/mol. The van der Waals surface area contributed by atoms with E-state index >= 15 is 0 Å². The molecule has 1 aromatic carbocycles. The minimum atomic E-state index is 0.0250. The molecule has 0 N–H and O–H groups in total. The van der Waals surface area contributed by atoms with Gasteiger partial charge in [0.25, 0.3) is 0 Å². The zero-order valence-electron chi connectivity index (χ0n) is 12.7. The second-order valence-electron chi connectivity index (χ2n) is 5.65. The van der Waals surface area contributed by atoms with Gasteiger partial charge in [-0.05, 0) is 52.9 Å². The molecular weight excluding hydrogens is 332 g/mol. The largest absolute Gasteiger partial charge is 0.496 e. The van der Waals surface area contributed by atoms with Crippen LogP contribution in [-0.2, 0) is 4.74 Å². The molecule has 0 aromatic heterocycles. The zero-order chi connectivity index (χ0) is 15.2. The Balaban J connectivity index is 1.88. The molecule has 0 bridgehead atoms. The van der Waals surface area contributed by atoms with Gasteiger partial charge in [-0.3, -0.25) is 4.79 Å². The SMILES string of the molecule is CCC1CCCC(OCC(=O)c2ccc(OC)c(Br)c2)C1. The van der Waals surface area contributed by atoms with E-state index in [1.165, 1.54) is 19.3 Å². The third kappa shape index (κ3) is 4.55. The summed E-state index contributed by atoms with van der Waals surface area (Å²) in [6.45, 7) is 2.40. The van der Waals surface area contributed by atoms with Gasteiger partial charge in [0.2, 0.25) is 0 Å². The van der Waals surface area contributed by atoms with E-state index in [9.17, 15) is 4.79 Å². The molecular formula is C17H23BrO3. The van der Waals surface area contributed by atoms with Crippen LogP contribution in [0.25, 0.3) is 0 Å². The number of carbonyl (C=O) groups excluding carboxylic acids is 1. The molecule has 2 atom stereocenters. The molecule has 2 unspecified atom stereocenters. The Bertz CT molecular complexity index is 487. The first-order chi connectivity index (χ1) is 10.1. The predicted molar refractivity (Wildman–Crippen MR) is 87.0 cm³/mol. The summed E-state index contributed by atoms with van der Waals surface area (Å²) in [5.74, 6) is 1.51. The highest BCUT2D eigenvalue weighted by atomic mass is 79.9. The van der Waals surface area contributed by atoms with Gasteiger partial charge in [0.15, 0.2) is 5.78 Å². The number of halogens is 1. The van der Waals surface area contributed by atoms with Crippen molar-refractivity contribution < 1.29 is 14.3 Å². The van der Waals surface area contributed by atoms with Gasteiger partial charge in [0.05, 0.1) is 17.7 Å². The van der Waals surface area contributed by atoms with Crippen LogP contribution in [0.15, 0.2) is 22.7 Å². The van der Waals surface area contributed by atoms with Gasteiger partial charge < -0.3 is 9.47 Å². The van der Waals surface area contributed by atoms with Crippen LogP contribution in [0.3, 0.4) is 0 Å². The molecule has 2 rings (SSSR count). The summed E-state index contributed by atoms with van der Waals surface area (Å²) in [6.07, 6.45) is 6.14. The first-order valence-corrected chi connectivity index (χ1v) is 8.41. The van der Waals surface area contributed by atoms with Gasteiger partial charge >= 0.3 is 0 Å². The van der Waals surface area contributed by atoms with Crippen LogP contribution in [0.1, 0.15) is 49.4 Å². The summed E-state index contributed by atoms with van der Waals surface area (Å²) < 4.78 is 11.8. The van der Waals surface area contributed by atoms with Crippen molar-refractivity contribution in [1.82, 2.24) is 0 Å². The van der Waals surface area contributed by atoms with Crippen LogP contribution in [0.4, 0.5) is 0 Å². The molecule has 4 heteroatoms. The Kier molecular flexibility index (Phi) is 6.24. The highest BCUT2D eigenvalue weighted by Gasteiger charge is 2.22. The van der Waals surface area contributed by atoms with Gasteiger partial charge in [0.1, 0.15) is 12.4 Å². The zero-order valence-corrected chi connectivity index (χ0v) is 14.3. The molecule has 21 heavy (non-hydrogen) atoms. The van der Waals surface area contributed by atoms with Crippen molar-refractivity contribution in [3.05, 3.63) is 28.2 Å². The molecule has 0 amide bonds. The normalized spacial score (nSPS) is 22.0. The van der Waals surface area contributed by atoms with Crippen molar-refractivity contribution in [3.63, 3.8) is 0 Å². The number of hydrogen-bond acceptors (Lipinski definition) is 3. The summed E-state index contributed by atoms with van der Waals surface area (Å²) in [4.78, 5) is 12.2. The van der Waals surface area contributed by atoms with E-state index in [1.807, 2.05) is 0 Å². The van der Waals surface area contributed by atoms with E-state index in [4.69, 9.17) is 9.47 Å². The van der Waals surface area contributed by atoms with E-state index in [0.29, 0.717) is 5.56 Å². The van der Waals surface area contributed by atoms with E-state index < -0.39 is 0 Å². The summed E-state index contributed by atoms with van der Waals surface area (Å²) in [6, 6.07) is 5.37. The quantitative estimate of drug-likeness (QED) is 0.698. The van der Waals surface area contributed by atoms with E-state index in [2.05, 4.69) is 22.9 Å². The molecule has 1 saturated carbocycles. The molecule has 3 nitrogen and oxygen atoms in total. The fourth-order valence-electron chi connectivity index (χ4n) is 2.88. The molecule has 1 fully saturated rings. The number of carbonyl (C=O) groups is 1. The summed E-state index contributed by atoms with van der Waals surface area (Å²) in [5, 5.41) is 0. The molecule has 0 spiro atoms. The minimum Gasteiger partial charge on any atom is -0.496 e. The first kappa shape index (κ1) is 16.5. The topological polar surface area (TPSA) is 35.5 Å². The minimum absolute atomic E-state index is 0.0250. The predicted octanol–water partition coefficient (Wildman–Crippen LogP) is 4.63. The van der Waals surface area contributed by atoms with Crippen LogP contribution in [0, 0.1) is 5.92 Å². The fraction of sp³-hybridized carbons (Fsp3) is 0.588. The van der Waals surface area contributed by atoms with E-state index in [-0.39, 0.29) is 18.5 Å². The Morgan fingerprint density at radius 3 is 2.86 bits per heavy atom. The second kappa shape index (κ2) is 7.95. The lowest BCUT2D eigenvalue weighted by atomic mass is 9.85. The summed E-state index contributed by atoms with van der Waals surface area (Å²) >= 11 is 3.40. The fourth-order valence-corrected chi connectivity index (χ4v) is 3.42. The van der Waals surface area contributed by atoms with Crippen molar-refractivity contribution in [1.29, 1.82) is 0 Å². The van der Waals surface area contributed by atoms with Gasteiger partial charge in [-0.15, -0.1) is 0 Å².